The molecule has 0 fully saturated rings. The van der Waals surface area contributed by atoms with E-state index in [-0.39, 0.29) is 0 Å². The Morgan fingerprint density at radius 1 is 1.46 bits per heavy atom. The fourth-order valence-corrected chi connectivity index (χ4v) is 1.13. The molecule has 0 aromatic heterocycles. The molecule has 68 valence electrons. The lowest BCUT2D eigenvalue weighted by Gasteiger charge is -2.05. The number of hydrogen-bond donors (Lipinski definition) is 0. The molecule has 0 aliphatic carbocycles. The summed E-state index contributed by atoms with van der Waals surface area (Å²) in [4.78, 5) is 13.3. The molecule has 0 spiro atoms. The molecule has 1 aromatic carbocycles. The number of nitrogens with zero attached hydrogens (tertiary/aromatic N) is 1. The van der Waals surface area contributed by atoms with Gasteiger partial charge in [0.25, 0.3) is 0 Å². The number of ether oxygens (including phenoxy) is 1. The van der Waals surface area contributed by atoms with E-state index >= 15 is 0 Å². The molecule has 1 aromatic rings. The van der Waals surface area contributed by atoms with Crippen LogP contribution in [0.15, 0.2) is 29.3 Å². The Kier molecular flexibility index (Phi) is 3.74. The Balaban J connectivity index is 2.69. The highest BCUT2D eigenvalue weighted by molar-refractivity contribution is 5.35. The fourth-order valence-electron chi connectivity index (χ4n) is 1.13. The third kappa shape index (κ3) is 2.73. The molecule has 0 unspecified atom stereocenters. The van der Waals surface area contributed by atoms with Crippen molar-refractivity contribution >= 4 is 6.08 Å². The van der Waals surface area contributed by atoms with Crippen molar-refractivity contribution in [3.05, 3.63) is 29.8 Å². The Morgan fingerprint density at radius 3 is 2.92 bits per heavy atom. The Labute approximate surface area is 77.1 Å². The quantitative estimate of drug-likeness (QED) is 0.517. The van der Waals surface area contributed by atoms with Crippen LogP contribution in [0, 0.1) is 0 Å². The summed E-state index contributed by atoms with van der Waals surface area (Å²) in [5.41, 5.74) is 1.06. The van der Waals surface area contributed by atoms with Crippen molar-refractivity contribution in [1.29, 1.82) is 0 Å². The zero-order valence-corrected chi connectivity index (χ0v) is 7.49. The van der Waals surface area contributed by atoms with Crippen LogP contribution in [-0.2, 0) is 11.2 Å². The lowest BCUT2D eigenvalue weighted by Crippen LogP contribution is -1.93. The summed E-state index contributed by atoms with van der Waals surface area (Å²) in [6, 6.07) is 7.69. The van der Waals surface area contributed by atoms with Gasteiger partial charge in [0.1, 0.15) is 5.75 Å². The molecule has 0 aliphatic heterocycles. The van der Waals surface area contributed by atoms with E-state index in [2.05, 4.69) is 4.99 Å². The molecule has 0 saturated carbocycles. The summed E-state index contributed by atoms with van der Waals surface area (Å²) in [6.45, 7) is 0.462. The summed E-state index contributed by atoms with van der Waals surface area (Å²) >= 11 is 0. The standard InChI is InChI=1S/C10H11NO2/c1-13-10-5-3-2-4-9(10)6-7-11-8-12/h2-5H,6-7H2,1H3. The van der Waals surface area contributed by atoms with Gasteiger partial charge in [-0.2, -0.15) is 0 Å². The van der Waals surface area contributed by atoms with E-state index in [1.807, 2.05) is 24.3 Å². The molecule has 3 heteroatoms. The Bertz CT molecular complexity index is 316. The number of rotatable bonds is 4. The second kappa shape index (κ2) is 5.12. The van der Waals surface area contributed by atoms with Crippen LogP contribution in [0.5, 0.6) is 5.75 Å². The van der Waals surface area contributed by atoms with Crippen LogP contribution in [0.2, 0.25) is 0 Å². The maximum Gasteiger partial charge on any atom is 0.234 e. The monoisotopic (exact) mass is 177 g/mol. The minimum atomic E-state index is 0.462. The van der Waals surface area contributed by atoms with Gasteiger partial charge < -0.3 is 4.74 Å². The molecular weight excluding hydrogens is 166 g/mol. The molecule has 0 heterocycles. The Hall–Kier alpha value is -1.60. The number of hydrogen-bond acceptors (Lipinski definition) is 3. The first-order chi connectivity index (χ1) is 6.38. The van der Waals surface area contributed by atoms with E-state index in [0.717, 1.165) is 11.3 Å². The van der Waals surface area contributed by atoms with E-state index in [0.29, 0.717) is 13.0 Å². The van der Waals surface area contributed by atoms with Crippen LogP contribution in [0.25, 0.3) is 0 Å². The molecule has 0 aliphatic rings. The first kappa shape index (κ1) is 9.49. The summed E-state index contributed by atoms with van der Waals surface area (Å²) in [6.07, 6.45) is 2.22. The number of aliphatic imine (C=N–C) groups is 1. The van der Waals surface area contributed by atoms with Gasteiger partial charge in [-0.25, -0.2) is 9.79 Å². The average molecular weight is 177 g/mol. The number of carbonyl (C=O) groups excluding carboxylic acids is 1. The molecule has 0 radical (unpaired) electrons. The van der Waals surface area contributed by atoms with Crippen LogP contribution >= 0.6 is 0 Å². The third-order valence-electron chi connectivity index (χ3n) is 1.75. The number of isocyanates is 1. The highest BCUT2D eigenvalue weighted by Crippen LogP contribution is 2.17. The topological polar surface area (TPSA) is 38.7 Å². The van der Waals surface area contributed by atoms with Crippen LogP contribution in [0.1, 0.15) is 5.56 Å². The Morgan fingerprint density at radius 2 is 2.23 bits per heavy atom. The zero-order chi connectivity index (χ0) is 9.52. The van der Waals surface area contributed by atoms with Gasteiger partial charge >= 0.3 is 0 Å². The number of methoxy groups -OCH3 is 1. The van der Waals surface area contributed by atoms with Gasteiger partial charge in [-0.15, -0.1) is 0 Å². The normalized spacial score (nSPS) is 9.00. The molecule has 0 amide bonds. The van der Waals surface area contributed by atoms with E-state index in [4.69, 9.17) is 4.74 Å². The van der Waals surface area contributed by atoms with Gasteiger partial charge in [-0.3, -0.25) is 0 Å². The lowest BCUT2D eigenvalue weighted by atomic mass is 10.1. The third-order valence-corrected chi connectivity index (χ3v) is 1.75. The van der Waals surface area contributed by atoms with Crippen molar-refractivity contribution in [1.82, 2.24) is 0 Å². The average Bonchev–Trinajstić information content (AvgIpc) is 2.19. The van der Waals surface area contributed by atoms with Crippen molar-refractivity contribution in [3.63, 3.8) is 0 Å². The lowest BCUT2D eigenvalue weighted by molar-refractivity contribution is 0.410. The van der Waals surface area contributed by atoms with Crippen molar-refractivity contribution in [2.75, 3.05) is 13.7 Å². The van der Waals surface area contributed by atoms with Crippen molar-refractivity contribution in [2.24, 2.45) is 4.99 Å². The predicted molar refractivity (Wildman–Crippen MR) is 49.7 cm³/mol. The maximum absolute atomic E-state index is 9.83. The molecule has 0 bridgehead atoms. The summed E-state index contributed by atoms with van der Waals surface area (Å²) < 4.78 is 5.14. The molecule has 1 rings (SSSR count). The van der Waals surface area contributed by atoms with Gasteiger partial charge in [-0.1, -0.05) is 18.2 Å². The minimum absolute atomic E-state index is 0.462. The van der Waals surface area contributed by atoms with Gasteiger partial charge in [0, 0.05) is 0 Å². The number of benzene rings is 1. The second-order valence-corrected chi connectivity index (χ2v) is 2.53. The van der Waals surface area contributed by atoms with Gasteiger partial charge in [0.2, 0.25) is 6.08 Å². The van der Waals surface area contributed by atoms with Crippen molar-refractivity contribution < 1.29 is 9.53 Å². The summed E-state index contributed by atoms with van der Waals surface area (Å²) in [5.74, 6) is 0.837. The zero-order valence-electron chi connectivity index (χ0n) is 7.49. The second-order valence-electron chi connectivity index (χ2n) is 2.53. The molecule has 0 N–H and O–H groups in total. The maximum atomic E-state index is 9.83. The molecule has 13 heavy (non-hydrogen) atoms. The van der Waals surface area contributed by atoms with Crippen molar-refractivity contribution in [3.8, 4) is 5.75 Å². The van der Waals surface area contributed by atoms with E-state index < -0.39 is 0 Å². The smallest absolute Gasteiger partial charge is 0.234 e. The largest absolute Gasteiger partial charge is 0.496 e. The SMILES string of the molecule is COc1ccccc1CCN=C=O. The summed E-state index contributed by atoms with van der Waals surface area (Å²) in [5, 5.41) is 0. The van der Waals surface area contributed by atoms with E-state index in [9.17, 15) is 4.79 Å². The van der Waals surface area contributed by atoms with Gasteiger partial charge in [-0.05, 0) is 18.1 Å². The molecule has 0 atom stereocenters. The minimum Gasteiger partial charge on any atom is -0.496 e. The van der Waals surface area contributed by atoms with E-state index in [1.54, 1.807) is 7.11 Å². The summed E-state index contributed by atoms with van der Waals surface area (Å²) in [7, 11) is 1.63. The van der Waals surface area contributed by atoms with Gasteiger partial charge in [0.15, 0.2) is 0 Å². The first-order valence-corrected chi connectivity index (χ1v) is 4.04. The molecular formula is C10H11NO2. The van der Waals surface area contributed by atoms with Crippen LogP contribution in [0.4, 0.5) is 0 Å². The first-order valence-electron chi connectivity index (χ1n) is 4.04. The molecule has 0 saturated heterocycles. The fraction of sp³-hybridized carbons (Fsp3) is 0.300. The van der Waals surface area contributed by atoms with Crippen LogP contribution in [-0.4, -0.2) is 19.7 Å². The molecule has 3 nitrogen and oxygen atoms in total. The highest BCUT2D eigenvalue weighted by atomic mass is 16.5. The van der Waals surface area contributed by atoms with Crippen molar-refractivity contribution in [2.45, 2.75) is 6.42 Å². The highest BCUT2D eigenvalue weighted by Gasteiger charge is 1.99. The van der Waals surface area contributed by atoms with Crippen LogP contribution in [0.3, 0.4) is 0 Å². The number of para-hydroxylation sites is 1. The van der Waals surface area contributed by atoms with Crippen LogP contribution < -0.4 is 4.74 Å². The van der Waals surface area contributed by atoms with E-state index in [1.165, 1.54) is 6.08 Å². The predicted octanol–water partition coefficient (Wildman–Crippen LogP) is 1.57. The van der Waals surface area contributed by atoms with Gasteiger partial charge in [0.05, 0.1) is 13.7 Å².